The Bertz CT molecular complexity index is 1240. The van der Waals surface area contributed by atoms with Gasteiger partial charge >= 0.3 is 17.9 Å². The smallest absolute Gasteiger partial charge is 0.306 e. The predicted octanol–water partition coefficient (Wildman–Crippen LogP) is 18.6. The summed E-state index contributed by atoms with van der Waals surface area (Å²) in [5.41, 5.74) is 0. The van der Waals surface area contributed by atoms with Gasteiger partial charge in [-0.25, -0.2) is 0 Å². The van der Waals surface area contributed by atoms with Crippen molar-refractivity contribution in [3.8, 4) is 0 Å². The van der Waals surface area contributed by atoms with E-state index in [1.54, 1.807) is 0 Å². The van der Waals surface area contributed by atoms with Crippen molar-refractivity contribution < 1.29 is 28.6 Å². The van der Waals surface area contributed by atoms with Crippen LogP contribution in [0.3, 0.4) is 0 Å². The average Bonchev–Trinajstić information content (AvgIpc) is 3.31. The van der Waals surface area contributed by atoms with Gasteiger partial charge in [0.05, 0.1) is 0 Å². The minimum absolute atomic E-state index is 0.0827. The first-order valence-electron chi connectivity index (χ1n) is 27.9. The first kappa shape index (κ1) is 62.8. The number of hydrogen-bond acceptors (Lipinski definition) is 6. The zero-order valence-corrected chi connectivity index (χ0v) is 43.4. The molecule has 0 aliphatic carbocycles. The quantitative estimate of drug-likeness (QED) is 0.0262. The van der Waals surface area contributed by atoms with Crippen LogP contribution in [0.2, 0.25) is 0 Å². The molecule has 0 aliphatic heterocycles. The highest BCUT2D eigenvalue weighted by molar-refractivity contribution is 5.71. The van der Waals surface area contributed by atoms with Crippen molar-refractivity contribution in [3.05, 3.63) is 72.9 Å². The molecule has 0 aromatic rings. The summed E-state index contributed by atoms with van der Waals surface area (Å²) >= 11 is 0. The Kier molecular flexibility index (Phi) is 51.9. The maximum atomic E-state index is 12.8. The van der Waals surface area contributed by atoms with Gasteiger partial charge in [-0.05, 0) is 70.6 Å². The van der Waals surface area contributed by atoms with Crippen LogP contribution in [0.25, 0.3) is 0 Å². The summed E-state index contributed by atoms with van der Waals surface area (Å²) in [7, 11) is 0. The SMILES string of the molecule is CC/C=C\C/C=C\C/C=C\C/C=C\C/C=C\C/C=C\CCCCCCC(=O)OCC(COC(=O)CCCCCCC)OC(=O)CCCCCCCCCCCCCCCCCCCCCC. The highest BCUT2D eigenvalue weighted by atomic mass is 16.6. The van der Waals surface area contributed by atoms with E-state index < -0.39 is 6.10 Å². The number of unbranched alkanes of at least 4 members (excludes halogenated alkanes) is 27. The molecule has 66 heavy (non-hydrogen) atoms. The molecular formula is C60H104O6. The van der Waals surface area contributed by atoms with E-state index in [1.807, 2.05) is 0 Å². The third kappa shape index (κ3) is 51.8. The Balaban J connectivity index is 4.16. The molecule has 1 atom stereocenters. The molecule has 0 aliphatic rings. The van der Waals surface area contributed by atoms with Crippen LogP contribution in [-0.4, -0.2) is 37.2 Å². The summed E-state index contributed by atoms with van der Waals surface area (Å²) < 4.78 is 16.7. The molecule has 0 amide bonds. The normalized spacial score (nSPS) is 12.6. The largest absolute Gasteiger partial charge is 0.462 e. The van der Waals surface area contributed by atoms with Crippen LogP contribution in [0, 0.1) is 0 Å². The van der Waals surface area contributed by atoms with Crippen LogP contribution < -0.4 is 0 Å². The Morgan fingerprint density at radius 1 is 0.318 bits per heavy atom. The molecule has 6 heteroatoms. The average molecular weight is 921 g/mol. The zero-order chi connectivity index (χ0) is 47.9. The fourth-order valence-electron chi connectivity index (χ4n) is 7.80. The fourth-order valence-corrected chi connectivity index (χ4v) is 7.80. The van der Waals surface area contributed by atoms with Crippen molar-refractivity contribution in [2.75, 3.05) is 13.2 Å². The topological polar surface area (TPSA) is 78.9 Å². The van der Waals surface area contributed by atoms with Gasteiger partial charge in [0.25, 0.3) is 0 Å². The first-order chi connectivity index (χ1) is 32.5. The first-order valence-corrected chi connectivity index (χ1v) is 27.9. The lowest BCUT2D eigenvalue weighted by molar-refractivity contribution is -0.167. The number of hydrogen-bond donors (Lipinski definition) is 0. The highest BCUT2D eigenvalue weighted by Crippen LogP contribution is 2.16. The molecule has 0 aromatic carbocycles. The van der Waals surface area contributed by atoms with Gasteiger partial charge in [0.1, 0.15) is 13.2 Å². The van der Waals surface area contributed by atoms with Crippen LogP contribution in [0.4, 0.5) is 0 Å². The van der Waals surface area contributed by atoms with Crippen molar-refractivity contribution >= 4 is 17.9 Å². The second-order valence-corrected chi connectivity index (χ2v) is 18.5. The van der Waals surface area contributed by atoms with Gasteiger partial charge in [-0.3, -0.25) is 14.4 Å². The lowest BCUT2D eigenvalue weighted by atomic mass is 10.0. The lowest BCUT2D eigenvalue weighted by Gasteiger charge is -2.18. The standard InChI is InChI=1S/C60H104O6/c1-4-7-10-13-15-17-19-21-23-25-27-29-30-31-33-34-36-38-40-42-44-47-50-53-59(62)65-56-57(55-64-58(61)52-49-46-12-9-6-3)66-60(63)54-51-48-45-43-41-39-37-35-32-28-26-24-22-20-18-16-14-11-8-5-2/h7,10,15,17,21,23,27,29,31,33,36,38,57H,4-6,8-9,11-14,16,18-20,22,24-26,28,30,32,34-35,37,39-56H2,1-3H3/b10-7-,17-15-,23-21-,29-27-,33-31-,38-36-. The zero-order valence-electron chi connectivity index (χ0n) is 43.4. The maximum absolute atomic E-state index is 12.8. The van der Waals surface area contributed by atoms with E-state index in [-0.39, 0.29) is 31.1 Å². The van der Waals surface area contributed by atoms with E-state index in [9.17, 15) is 14.4 Å². The molecule has 0 radical (unpaired) electrons. The van der Waals surface area contributed by atoms with Gasteiger partial charge in [0.2, 0.25) is 0 Å². The van der Waals surface area contributed by atoms with Crippen molar-refractivity contribution in [2.24, 2.45) is 0 Å². The second kappa shape index (κ2) is 54.5. The summed E-state index contributed by atoms with van der Waals surface area (Å²) in [6, 6.07) is 0. The second-order valence-electron chi connectivity index (χ2n) is 18.5. The number of rotatable bonds is 50. The highest BCUT2D eigenvalue weighted by Gasteiger charge is 2.19. The van der Waals surface area contributed by atoms with Gasteiger partial charge < -0.3 is 14.2 Å². The van der Waals surface area contributed by atoms with Crippen LogP contribution >= 0.6 is 0 Å². The Labute approximate surface area is 408 Å². The predicted molar refractivity (Wildman–Crippen MR) is 284 cm³/mol. The van der Waals surface area contributed by atoms with E-state index in [1.165, 1.54) is 116 Å². The van der Waals surface area contributed by atoms with E-state index in [4.69, 9.17) is 14.2 Å². The lowest BCUT2D eigenvalue weighted by Crippen LogP contribution is -2.30. The minimum atomic E-state index is -0.781. The Hall–Kier alpha value is -3.15. The van der Waals surface area contributed by atoms with Gasteiger partial charge in [0, 0.05) is 19.3 Å². The number of carbonyl (C=O) groups is 3. The summed E-state index contributed by atoms with van der Waals surface area (Å²) in [6.07, 6.45) is 69.3. The van der Waals surface area contributed by atoms with Crippen molar-refractivity contribution in [2.45, 2.75) is 277 Å². The Morgan fingerprint density at radius 2 is 0.591 bits per heavy atom. The van der Waals surface area contributed by atoms with Gasteiger partial charge in [-0.15, -0.1) is 0 Å². The summed E-state index contributed by atoms with van der Waals surface area (Å²) in [5, 5.41) is 0. The van der Waals surface area contributed by atoms with E-state index in [0.29, 0.717) is 19.3 Å². The van der Waals surface area contributed by atoms with Gasteiger partial charge in [0.15, 0.2) is 6.10 Å². The third-order valence-electron chi connectivity index (χ3n) is 12.0. The molecule has 0 N–H and O–H groups in total. The maximum Gasteiger partial charge on any atom is 0.306 e. The summed E-state index contributed by atoms with van der Waals surface area (Å²) in [5.74, 6) is -0.915. The van der Waals surface area contributed by atoms with E-state index in [2.05, 4.69) is 93.7 Å². The molecule has 0 bridgehead atoms. The number of esters is 3. The minimum Gasteiger partial charge on any atom is -0.462 e. The Morgan fingerprint density at radius 3 is 0.924 bits per heavy atom. The van der Waals surface area contributed by atoms with Crippen LogP contribution in [0.1, 0.15) is 271 Å². The third-order valence-corrected chi connectivity index (χ3v) is 12.0. The van der Waals surface area contributed by atoms with Gasteiger partial charge in [-0.2, -0.15) is 0 Å². The van der Waals surface area contributed by atoms with Crippen molar-refractivity contribution in [1.29, 1.82) is 0 Å². The molecule has 0 aromatic heterocycles. The number of ether oxygens (including phenoxy) is 3. The molecule has 0 saturated heterocycles. The van der Waals surface area contributed by atoms with Gasteiger partial charge in [-0.1, -0.05) is 254 Å². The molecule has 6 nitrogen and oxygen atoms in total. The molecule has 380 valence electrons. The van der Waals surface area contributed by atoms with Crippen LogP contribution in [0.5, 0.6) is 0 Å². The molecule has 0 spiro atoms. The van der Waals surface area contributed by atoms with E-state index >= 15 is 0 Å². The molecule has 0 saturated carbocycles. The van der Waals surface area contributed by atoms with E-state index in [0.717, 1.165) is 116 Å². The molecule has 0 heterocycles. The molecular weight excluding hydrogens is 817 g/mol. The van der Waals surface area contributed by atoms with Crippen molar-refractivity contribution in [3.63, 3.8) is 0 Å². The van der Waals surface area contributed by atoms with Crippen molar-refractivity contribution in [1.82, 2.24) is 0 Å². The number of allylic oxidation sites excluding steroid dienone is 12. The number of carbonyl (C=O) groups excluding carboxylic acids is 3. The van der Waals surface area contributed by atoms with Crippen LogP contribution in [0.15, 0.2) is 72.9 Å². The molecule has 0 fully saturated rings. The fraction of sp³-hybridized carbons (Fsp3) is 0.750. The summed E-state index contributed by atoms with van der Waals surface area (Å²) in [4.78, 5) is 37.8. The molecule has 0 rings (SSSR count). The summed E-state index contributed by atoms with van der Waals surface area (Å²) in [6.45, 7) is 6.44. The monoisotopic (exact) mass is 921 g/mol. The molecule has 1 unspecified atom stereocenters. The van der Waals surface area contributed by atoms with Crippen LogP contribution in [-0.2, 0) is 28.6 Å².